The fourth-order valence-corrected chi connectivity index (χ4v) is 2.29. The number of fused-ring (bicyclic) bond motifs is 1. The van der Waals surface area contributed by atoms with Gasteiger partial charge >= 0.3 is 0 Å². The number of anilines is 1. The molecule has 0 aliphatic rings. The van der Waals surface area contributed by atoms with Gasteiger partial charge in [0.2, 0.25) is 0 Å². The number of para-hydroxylation sites is 1. The van der Waals surface area contributed by atoms with Crippen LogP contribution in [0.15, 0.2) is 28.7 Å². The molecule has 0 bridgehead atoms. The van der Waals surface area contributed by atoms with E-state index in [1.807, 2.05) is 25.1 Å². The number of hydrogen-bond donors (Lipinski definition) is 3. The van der Waals surface area contributed by atoms with Crippen LogP contribution in [-0.4, -0.2) is 22.1 Å². The maximum Gasteiger partial charge on any atom is 0.297 e. The van der Waals surface area contributed by atoms with E-state index in [2.05, 4.69) is 21.4 Å². The van der Waals surface area contributed by atoms with E-state index in [-0.39, 0.29) is 5.88 Å². The standard InChI is InChI=1S/C14H15N3O2/c1-8-10(9-5-3-4-6-11(9)16-8)7-12-13(18)17-14(15-2)19-12/h3-6,16,18H,7H2,1-2H3,(H,15,17). The first-order valence-corrected chi connectivity index (χ1v) is 6.11. The largest absolute Gasteiger partial charge is 0.491 e. The molecule has 0 radical (unpaired) electrons. The number of hydrogen-bond acceptors (Lipinski definition) is 4. The normalized spacial score (nSPS) is 11.1. The van der Waals surface area contributed by atoms with E-state index in [1.165, 1.54) is 0 Å². The molecule has 3 aromatic rings. The van der Waals surface area contributed by atoms with Crippen LogP contribution in [0.2, 0.25) is 0 Å². The highest BCUT2D eigenvalue weighted by atomic mass is 16.4. The summed E-state index contributed by atoms with van der Waals surface area (Å²) in [5.74, 6) is 0.409. The summed E-state index contributed by atoms with van der Waals surface area (Å²) in [6, 6.07) is 8.40. The van der Waals surface area contributed by atoms with E-state index < -0.39 is 0 Å². The highest BCUT2D eigenvalue weighted by molar-refractivity contribution is 5.84. The second-order valence-electron chi connectivity index (χ2n) is 4.47. The number of benzene rings is 1. The molecule has 5 nitrogen and oxygen atoms in total. The molecule has 1 aromatic carbocycles. The lowest BCUT2D eigenvalue weighted by Gasteiger charge is -1.99. The van der Waals surface area contributed by atoms with Crippen molar-refractivity contribution in [1.82, 2.24) is 9.97 Å². The molecule has 0 aliphatic heterocycles. The molecule has 19 heavy (non-hydrogen) atoms. The Bertz CT molecular complexity index is 727. The molecule has 0 aliphatic carbocycles. The van der Waals surface area contributed by atoms with Gasteiger partial charge in [0, 0.05) is 30.1 Å². The molecule has 2 aromatic heterocycles. The third kappa shape index (κ3) is 1.93. The first kappa shape index (κ1) is 11.6. The molecule has 3 rings (SSSR count). The molecule has 2 heterocycles. The van der Waals surface area contributed by atoms with Gasteiger partial charge in [0.1, 0.15) is 0 Å². The third-order valence-electron chi connectivity index (χ3n) is 3.25. The van der Waals surface area contributed by atoms with Crippen molar-refractivity contribution in [2.45, 2.75) is 13.3 Å². The second kappa shape index (κ2) is 4.35. The smallest absolute Gasteiger partial charge is 0.297 e. The van der Waals surface area contributed by atoms with E-state index in [0.717, 1.165) is 22.2 Å². The zero-order valence-corrected chi connectivity index (χ0v) is 10.8. The molecule has 0 saturated carbocycles. The first-order valence-electron chi connectivity index (χ1n) is 6.11. The minimum atomic E-state index is -0.0611. The van der Waals surface area contributed by atoms with Gasteiger partial charge in [0.25, 0.3) is 11.9 Å². The molecule has 98 valence electrons. The molecule has 0 saturated heterocycles. The van der Waals surface area contributed by atoms with Crippen molar-refractivity contribution in [3.63, 3.8) is 0 Å². The molecular formula is C14H15N3O2. The summed E-state index contributed by atoms with van der Waals surface area (Å²) in [5, 5.41) is 13.7. The van der Waals surface area contributed by atoms with Crippen LogP contribution in [0.5, 0.6) is 5.88 Å². The predicted octanol–water partition coefficient (Wildman–Crippen LogP) is 2.80. The van der Waals surface area contributed by atoms with Crippen molar-refractivity contribution in [3.05, 3.63) is 41.3 Å². The van der Waals surface area contributed by atoms with E-state index in [1.54, 1.807) is 7.05 Å². The van der Waals surface area contributed by atoms with Crippen LogP contribution in [0, 0.1) is 6.92 Å². The number of aryl methyl sites for hydroxylation is 1. The van der Waals surface area contributed by atoms with Crippen LogP contribution < -0.4 is 5.32 Å². The van der Waals surface area contributed by atoms with Crippen LogP contribution in [-0.2, 0) is 6.42 Å². The van der Waals surface area contributed by atoms with Crippen LogP contribution in [0.1, 0.15) is 17.0 Å². The Morgan fingerprint density at radius 3 is 2.89 bits per heavy atom. The number of oxazole rings is 1. The van der Waals surface area contributed by atoms with Crippen molar-refractivity contribution >= 4 is 16.9 Å². The molecule has 3 N–H and O–H groups in total. The van der Waals surface area contributed by atoms with Gasteiger partial charge in [-0.15, -0.1) is 0 Å². The van der Waals surface area contributed by atoms with Crippen LogP contribution in [0.25, 0.3) is 10.9 Å². The Kier molecular flexibility index (Phi) is 2.67. The highest BCUT2D eigenvalue weighted by Crippen LogP contribution is 2.29. The Morgan fingerprint density at radius 2 is 2.16 bits per heavy atom. The molecule has 0 amide bonds. The van der Waals surface area contributed by atoms with E-state index in [4.69, 9.17) is 4.42 Å². The maximum absolute atomic E-state index is 9.77. The molecule has 0 atom stereocenters. The lowest BCUT2D eigenvalue weighted by Crippen LogP contribution is -1.88. The van der Waals surface area contributed by atoms with Crippen molar-refractivity contribution in [1.29, 1.82) is 0 Å². The number of aromatic amines is 1. The number of aromatic hydroxyl groups is 1. The van der Waals surface area contributed by atoms with Gasteiger partial charge in [-0.3, -0.25) is 0 Å². The minimum absolute atomic E-state index is 0.0611. The summed E-state index contributed by atoms with van der Waals surface area (Å²) in [6.45, 7) is 2.02. The van der Waals surface area contributed by atoms with Crippen LogP contribution in [0.4, 0.5) is 6.01 Å². The van der Waals surface area contributed by atoms with Gasteiger partial charge in [-0.1, -0.05) is 18.2 Å². The van der Waals surface area contributed by atoms with Gasteiger partial charge in [0.05, 0.1) is 0 Å². The summed E-state index contributed by atoms with van der Waals surface area (Å²) < 4.78 is 5.45. The Hall–Kier alpha value is -2.43. The molecule has 0 unspecified atom stereocenters. The Balaban J connectivity index is 2.05. The van der Waals surface area contributed by atoms with Crippen molar-refractivity contribution in [3.8, 4) is 5.88 Å². The molecule has 0 spiro atoms. The zero-order valence-electron chi connectivity index (χ0n) is 10.8. The van der Waals surface area contributed by atoms with Gasteiger partial charge < -0.3 is 19.8 Å². The maximum atomic E-state index is 9.77. The molecule has 0 fully saturated rings. The summed E-state index contributed by atoms with van der Waals surface area (Å²) in [4.78, 5) is 7.22. The lowest BCUT2D eigenvalue weighted by atomic mass is 10.1. The first-order chi connectivity index (χ1) is 9.19. The van der Waals surface area contributed by atoms with E-state index in [9.17, 15) is 5.11 Å². The number of nitrogens with zero attached hydrogens (tertiary/aromatic N) is 1. The number of H-pyrrole nitrogens is 1. The molecular weight excluding hydrogens is 242 g/mol. The van der Waals surface area contributed by atoms with Crippen LogP contribution in [0.3, 0.4) is 0 Å². The molecule has 5 heteroatoms. The monoisotopic (exact) mass is 257 g/mol. The van der Waals surface area contributed by atoms with Crippen molar-refractivity contribution < 1.29 is 9.52 Å². The lowest BCUT2D eigenvalue weighted by molar-refractivity contribution is 0.431. The summed E-state index contributed by atoms with van der Waals surface area (Å²) in [6.07, 6.45) is 0.510. The number of nitrogens with one attached hydrogen (secondary N) is 2. The fraction of sp³-hybridized carbons (Fsp3) is 0.214. The SMILES string of the molecule is CNc1nc(O)c(Cc2c(C)[nH]c3ccccc23)o1. The third-order valence-corrected chi connectivity index (χ3v) is 3.25. The summed E-state index contributed by atoms with van der Waals surface area (Å²) in [7, 11) is 1.70. The summed E-state index contributed by atoms with van der Waals surface area (Å²) >= 11 is 0. The van der Waals surface area contributed by atoms with Crippen molar-refractivity contribution in [2.24, 2.45) is 0 Å². The average Bonchev–Trinajstić information content (AvgIpc) is 2.92. The average molecular weight is 257 g/mol. The van der Waals surface area contributed by atoms with Gasteiger partial charge in [0.15, 0.2) is 5.76 Å². The Morgan fingerprint density at radius 1 is 1.37 bits per heavy atom. The number of aromatic nitrogens is 2. The minimum Gasteiger partial charge on any atom is -0.491 e. The zero-order chi connectivity index (χ0) is 13.4. The van der Waals surface area contributed by atoms with Gasteiger partial charge in [-0.25, -0.2) is 0 Å². The van der Waals surface area contributed by atoms with Crippen molar-refractivity contribution in [2.75, 3.05) is 12.4 Å². The van der Waals surface area contributed by atoms with E-state index in [0.29, 0.717) is 18.2 Å². The van der Waals surface area contributed by atoms with Gasteiger partial charge in [-0.2, -0.15) is 4.98 Å². The number of rotatable bonds is 3. The predicted molar refractivity (Wildman–Crippen MR) is 73.6 cm³/mol. The quantitative estimate of drug-likeness (QED) is 0.674. The highest BCUT2D eigenvalue weighted by Gasteiger charge is 2.16. The topological polar surface area (TPSA) is 74.1 Å². The van der Waals surface area contributed by atoms with Gasteiger partial charge in [-0.05, 0) is 18.6 Å². The van der Waals surface area contributed by atoms with Crippen LogP contribution >= 0.6 is 0 Å². The Labute approximate surface area is 110 Å². The second-order valence-corrected chi connectivity index (χ2v) is 4.47. The fourth-order valence-electron chi connectivity index (χ4n) is 2.29. The van der Waals surface area contributed by atoms with E-state index >= 15 is 0 Å². The summed E-state index contributed by atoms with van der Waals surface area (Å²) in [5.41, 5.74) is 3.27.